The lowest BCUT2D eigenvalue weighted by atomic mass is 9.92. The molecule has 0 heterocycles. The molecule has 21 heavy (non-hydrogen) atoms. The van der Waals surface area contributed by atoms with Crippen molar-refractivity contribution in [3.8, 4) is 0 Å². The molecule has 0 aromatic heterocycles. The summed E-state index contributed by atoms with van der Waals surface area (Å²) in [5.41, 5.74) is -0.938. The normalized spacial score (nSPS) is 18.4. The van der Waals surface area contributed by atoms with Crippen molar-refractivity contribution < 1.29 is 14.4 Å². The number of hydrogen-bond acceptors (Lipinski definition) is 3. The molecule has 3 amide bonds. The Balaban J connectivity index is 2.53. The van der Waals surface area contributed by atoms with Crippen molar-refractivity contribution in [2.45, 2.75) is 70.9 Å². The maximum absolute atomic E-state index is 12.4. The highest BCUT2D eigenvalue weighted by Crippen LogP contribution is 2.19. The molecule has 0 spiro atoms. The van der Waals surface area contributed by atoms with Crippen LogP contribution < -0.4 is 16.0 Å². The second-order valence-corrected chi connectivity index (χ2v) is 5.95. The molecule has 0 unspecified atom stereocenters. The highest BCUT2D eigenvalue weighted by atomic mass is 16.2. The first-order valence-corrected chi connectivity index (χ1v) is 7.74. The third-order valence-electron chi connectivity index (χ3n) is 4.06. The maximum atomic E-state index is 12.4. The Morgan fingerprint density at radius 1 is 1.14 bits per heavy atom. The quantitative estimate of drug-likeness (QED) is 0.679. The molecule has 0 aromatic carbocycles. The van der Waals surface area contributed by atoms with Gasteiger partial charge in [0.2, 0.25) is 17.7 Å². The van der Waals surface area contributed by atoms with Crippen LogP contribution in [-0.2, 0) is 14.4 Å². The molecule has 6 nitrogen and oxygen atoms in total. The van der Waals surface area contributed by atoms with Crippen molar-refractivity contribution in [1.29, 1.82) is 0 Å². The molecule has 1 aliphatic carbocycles. The minimum Gasteiger partial charge on any atom is -0.351 e. The fraction of sp³-hybridized carbons (Fsp3) is 0.800. The van der Waals surface area contributed by atoms with E-state index in [9.17, 15) is 14.4 Å². The average Bonchev–Trinajstić information content (AvgIpc) is 2.46. The summed E-state index contributed by atoms with van der Waals surface area (Å²) < 4.78 is 0. The van der Waals surface area contributed by atoms with E-state index >= 15 is 0 Å². The molecule has 3 N–H and O–H groups in total. The zero-order valence-corrected chi connectivity index (χ0v) is 13.3. The summed E-state index contributed by atoms with van der Waals surface area (Å²) in [4.78, 5) is 35.0. The Hall–Kier alpha value is -1.59. The third-order valence-corrected chi connectivity index (χ3v) is 4.06. The SMILES string of the molecule is CC[C@](C)(NC(=O)CNC(C)=O)C(=O)NC1CCCCC1. The number of rotatable bonds is 6. The van der Waals surface area contributed by atoms with Crippen molar-refractivity contribution >= 4 is 17.7 Å². The van der Waals surface area contributed by atoms with Crippen molar-refractivity contribution in [3.05, 3.63) is 0 Å². The monoisotopic (exact) mass is 297 g/mol. The second-order valence-electron chi connectivity index (χ2n) is 5.95. The minimum absolute atomic E-state index is 0.109. The Morgan fingerprint density at radius 3 is 2.29 bits per heavy atom. The van der Waals surface area contributed by atoms with Crippen LogP contribution in [0.2, 0.25) is 0 Å². The van der Waals surface area contributed by atoms with E-state index in [1.54, 1.807) is 6.92 Å². The molecule has 1 atom stereocenters. The zero-order chi connectivity index (χ0) is 15.9. The summed E-state index contributed by atoms with van der Waals surface area (Å²) in [7, 11) is 0. The lowest BCUT2D eigenvalue weighted by molar-refractivity contribution is -0.134. The van der Waals surface area contributed by atoms with Gasteiger partial charge in [0.1, 0.15) is 5.54 Å². The highest BCUT2D eigenvalue weighted by molar-refractivity contribution is 5.92. The van der Waals surface area contributed by atoms with Gasteiger partial charge in [-0.2, -0.15) is 0 Å². The van der Waals surface area contributed by atoms with Gasteiger partial charge in [-0.25, -0.2) is 0 Å². The van der Waals surface area contributed by atoms with Crippen LogP contribution in [0.3, 0.4) is 0 Å². The van der Waals surface area contributed by atoms with Crippen LogP contribution in [0.25, 0.3) is 0 Å². The summed E-state index contributed by atoms with van der Waals surface area (Å²) in [6, 6.07) is 0.212. The Kier molecular flexibility index (Phi) is 6.65. The fourth-order valence-electron chi connectivity index (χ4n) is 2.45. The van der Waals surface area contributed by atoms with Crippen molar-refractivity contribution in [2.75, 3.05) is 6.54 Å². The Bertz CT molecular complexity index is 392. The number of hydrogen-bond donors (Lipinski definition) is 3. The van der Waals surface area contributed by atoms with E-state index in [0.29, 0.717) is 6.42 Å². The molecule has 0 aliphatic heterocycles. The van der Waals surface area contributed by atoms with Crippen molar-refractivity contribution in [3.63, 3.8) is 0 Å². The van der Waals surface area contributed by atoms with Gasteiger partial charge in [0, 0.05) is 13.0 Å². The van der Waals surface area contributed by atoms with Gasteiger partial charge < -0.3 is 16.0 Å². The molecule has 0 bridgehead atoms. The van der Waals surface area contributed by atoms with Gasteiger partial charge in [0.05, 0.1) is 6.54 Å². The van der Waals surface area contributed by atoms with Crippen LogP contribution >= 0.6 is 0 Å². The van der Waals surface area contributed by atoms with Crippen LogP contribution in [0, 0.1) is 0 Å². The van der Waals surface area contributed by atoms with Gasteiger partial charge in [-0.15, -0.1) is 0 Å². The highest BCUT2D eigenvalue weighted by Gasteiger charge is 2.34. The zero-order valence-electron chi connectivity index (χ0n) is 13.3. The van der Waals surface area contributed by atoms with Crippen LogP contribution in [0.5, 0.6) is 0 Å². The standard InChI is InChI=1S/C15H27N3O3/c1-4-15(3,18-13(20)10-16-11(2)19)14(21)17-12-8-6-5-7-9-12/h12H,4-10H2,1-3H3,(H,16,19)(H,17,21)(H,18,20)/t15-/m0/s1. The summed E-state index contributed by atoms with van der Waals surface area (Å²) in [6.07, 6.45) is 6.02. The van der Waals surface area contributed by atoms with E-state index in [1.165, 1.54) is 13.3 Å². The van der Waals surface area contributed by atoms with E-state index in [2.05, 4.69) is 16.0 Å². The second kappa shape index (κ2) is 8.00. The lowest BCUT2D eigenvalue weighted by Crippen LogP contribution is -2.59. The van der Waals surface area contributed by atoms with Crippen LogP contribution in [0.4, 0.5) is 0 Å². The van der Waals surface area contributed by atoms with Crippen LogP contribution in [-0.4, -0.2) is 35.8 Å². The number of carbonyl (C=O) groups is 3. The predicted molar refractivity (Wildman–Crippen MR) is 80.5 cm³/mol. The first-order chi connectivity index (χ1) is 9.87. The molecule has 0 aromatic rings. The van der Waals surface area contributed by atoms with Gasteiger partial charge in [-0.3, -0.25) is 14.4 Å². The summed E-state index contributed by atoms with van der Waals surface area (Å²) in [5, 5.41) is 8.19. The van der Waals surface area contributed by atoms with E-state index in [0.717, 1.165) is 25.7 Å². The fourth-order valence-corrected chi connectivity index (χ4v) is 2.45. The maximum Gasteiger partial charge on any atom is 0.245 e. The number of nitrogens with one attached hydrogen (secondary N) is 3. The summed E-state index contributed by atoms with van der Waals surface area (Å²) >= 11 is 0. The Morgan fingerprint density at radius 2 is 1.76 bits per heavy atom. The van der Waals surface area contributed by atoms with Gasteiger partial charge in [-0.05, 0) is 26.2 Å². The van der Waals surface area contributed by atoms with E-state index in [4.69, 9.17) is 0 Å². The first kappa shape index (κ1) is 17.5. The lowest BCUT2D eigenvalue weighted by Gasteiger charge is -2.32. The molecular weight excluding hydrogens is 270 g/mol. The molecule has 0 radical (unpaired) electrons. The van der Waals surface area contributed by atoms with Gasteiger partial charge in [0.25, 0.3) is 0 Å². The number of carbonyl (C=O) groups excluding carboxylic acids is 3. The van der Waals surface area contributed by atoms with Crippen molar-refractivity contribution in [1.82, 2.24) is 16.0 Å². The number of amides is 3. The van der Waals surface area contributed by atoms with Gasteiger partial charge >= 0.3 is 0 Å². The molecule has 1 fully saturated rings. The molecular formula is C15H27N3O3. The molecule has 0 saturated heterocycles. The molecule has 1 aliphatic rings. The predicted octanol–water partition coefficient (Wildman–Crippen LogP) is 0.856. The van der Waals surface area contributed by atoms with Crippen LogP contribution in [0.15, 0.2) is 0 Å². The molecule has 120 valence electrons. The first-order valence-electron chi connectivity index (χ1n) is 7.74. The largest absolute Gasteiger partial charge is 0.351 e. The smallest absolute Gasteiger partial charge is 0.245 e. The molecule has 6 heteroatoms. The third kappa shape index (κ3) is 5.73. The van der Waals surface area contributed by atoms with E-state index in [1.807, 2.05) is 6.92 Å². The van der Waals surface area contributed by atoms with E-state index < -0.39 is 5.54 Å². The summed E-state index contributed by atoms with van der Waals surface area (Å²) in [5.74, 6) is -0.767. The Labute approximate surface area is 126 Å². The van der Waals surface area contributed by atoms with Crippen molar-refractivity contribution in [2.24, 2.45) is 0 Å². The average molecular weight is 297 g/mol. The van der Waals surface area contributed by atoms with Gasteiger partial charge in [0.15, 0.2) is 0 Å². The summed E-state index contributed by atoms with van der Waals surface area (Å²) in [6.45, 7) is 4.82. The minimum atomic E-state index is -0.938. The topological polar surface area (TPSA) is 87.3 Å². The van der Waals surface area contributed by atoms with E-state index in [-0.39, 0.29) is 30.3 Å². The van der Waals surface area contributed by atoms with Gasteiger partial charge in [-0.1, -0.05) is 26.2 Å². The molecule has 1 rings (SSSR count). The van der Waals surface area contributed by atoms with Crippen LogP contribution in [0.1, 0.15) is 59.3 Å². The molecule has 1 saturated carbocycles.